The van der Waals surface area contributed by atoms with Crippen LogP contribution in [0.5, 0.6) is 0 Å². The Bertz CT molecular complexity index is 575. The van der Waals surface area contributed by atoms with Gasteiger partial charge in [-0.05, 0) is 42.0 Å². The number of hydrogen-bond acceptors (Lipinski definition) is 2. The summed E-state index contributed by atoms with van der Waals surface area (Å²) in [5.74, 6) is -0.898. The normalized spacial score (nSPS) is 20.6. The molecule has 2 N–H and O–H groups in total. The molecule has 112 valence electrons. The zero-order valence-electron chi connectivity index (χ0n) is 12.4. The summed E-state index contributed by atoms with van der Waals surface area (Å²) < 4.78 is 0. The Balaban J connectivity index is 2.08. The number of amides is 1. The second kappa shape index (κ2) is 6.12. The third-order valence-electron chi connectivity index (χ3n) is 4.15. The van der Waals surface area contributed by atoms with Gasteiger partial charge in [0.15, 0.2) is 0 Å². The standard InChI is InChI=1S/C17H21NO3/c1-17(2)10-4-7-14(17)16(21)18-13-6-3-5-12(11-13)8-9-15(19)20/h3,5-6,8-9,11,14H,4,7,10H2,1-2H3,(H,18,21)(H,19,20)/b9-8+. The number of benzene rings is 1. The van der Waals surface area contributed by atoms with Crippen molar-refractivity contribution < 1.29 is 14.7 Å². The molecule has 4 heteroatoms. The molecular formula is C17H21NO3. The SMILES string of the molecule is CC1(C)CCCC1C(=O)Nc1cccc(/C=C/C(=O)O)c1. The van der Waals surface area contributed by atoms with Crippen LogP contribution in [0, 0.1) is 11.3 Å². The first-order valence-corrected chi connectivity index (χ1v) is 7.20. The molecule has 0 spiro atoms. The fraction of sp³-hybridized carbons (Fsp3) is 0.412. The van der Waals surface area contributed by atoms with Gasteiger partial charge in [0, 0.05) is 17.7 Å². The summed E-state index contributed by atoms with van der Waals surface area (Å²) in [6.07, 6.45) is 5.69. The molecule has 1 fully saturated rings. The van der Waals surface area contributed by atoms with Gasteiger partial charge in [0.2, 0.25) is 5.91 Å². The van der Waals surface area contributed by atoms with E-state index in [9.17, 15) is 9.59 Å². The maximum absolute atomic E-state index is 12.4. The summed E-state index contributed by atoms with van der Waals surface area (Å²) in [4.78, 5) is 22.9. The first-order valence-electron chi connectivity index (χ1n) is 7.20. The third kappa shape index (κ3) is 3.94. The van der Waals surface area contributed by atoms with Gasteiger partial charge >= 0.3 is 5.97 Å². The Morgan fingerprint density at radius 3 is 2.76 bits per heavy atom. The molecule has 0 aliphatic heterocycles. The summed E-state index contributed by atoms with van der Waals surface area (Å²) in [7, 11) is 0. The number of carboxylic acids is 1. The molecule has 1 aromatic rings. The summed E-state index contributed by atoms with van der Waals surface area (Å²) in [5, 5.41) is 11.6. The van der Waals surface area contributed by atoms with Crippen molar-refractivity contribution >= 4 is 23.6 Å². The molecule has 0 bridgehead atoms. The van der Waals surface area contributed by atoms with Crippen LogP contribution in [-0.2, 0) is 9.59 Å². The minimum Gasteiger partial charge on any atom is -0.478 e. The molecule has 1 atom stereocenters. The second-order valence-corrected chi connectivity index (χ2v) is 6.22. The van der Waals surface area contributed by atoms with E-state index < -0.39 is 5.97 Å². The van der Waals surface area contributed by atoms with E-state index in [0.29, 0.717) is 5.69 Å². The van der Waals surface area contributed by atoms with Crippen molar-refractivity contribution in [1.82, 2.24) is 0 Å². The summed E-state index contributed by atoms with van der Waals surface area (Å²) in [5.41, 5.74) is 1.50. The van der Waals surface area contributed by atoms with E-state index in [-0.39, 0.29) is 17.2 Å². The van der Waals surface area contributed by atoms with E-state index in [1.165, 1.54) is 6.08 Å². The van der Waals surface area contributed by atoms with E-state index in [1.807, 2.05) is 6.07 Å². The first-order chi connectivity index (χ1) is 9.88. The number of hydrogen-bond donors (Lipinski definition) is 2. The number of carbonyl (C=O) groups is 2. The van der Waals surface area contributed by atoms with Crippen LogP contribution in [-0.4, -0.2) is 17.0 Å². The highest BCUT2D eigenvalue weighted by Gasteiger charge is 2.39. The highest BCUT2D eigenvalue weighted by Crippen LogP contribution is 2.43. The summed E-state index contributed by atoms with van der Waals surface area (Å²) >= 11 is 0. The molecule has 1 saturated carbocycles. The largest absolute Gasteiger partial charge is 0.478 e. The monoisotopic (exact) mass is 287 g/mol. The molecule has 0 saturated heterocycles. The van der Waals surface area contributed by atoms with Crippen molar-refractivity contribution in [2.24, 2.45) is 11.3 Å². The fourth-order valence-electron chi connectivity index (χ4n) is 2.93. The van der Waals surface area contributed by atoms with Gasteiger partial charge in [-0.2, -0.15) is 0 Å². The Labute approximate surface area is 124 Å². The highest BCUT2D eigenvalue weighted by atomic mass is 16.4. The zero-order chi connectivity index (χ0) is 15.5. The van der Waals surface area contributed by atoms with E-state index in [2.05, 4.69) is 19.2 Å². The molecule has 1 aliphatic carbocycles. The van der Waals surface area contributed by atoms with Gasteiger partial charge in [0.1, 0.15) is 0 Å². The number of carboxylic acid groups (broad SMARTS) is 1. The maximum Gasteiger partial charge on any atom is 0.328 e. The lowest BCUT2D eigenvalue weighted by Gasteiger charge is -2.25. The molecule has 2 rings (SSSR count). The highest BCUT2D eigenvalue weighted by molar-refractivity contribution is 5.93. The average molecular weight is 287 g/mol. The van der Waals surface area contributed by atoms with Crippen LogP contribution in [0.2, 0.25) is 0 Å². The van der Waals surface area contributed by atoms with Crippen LogP contribution in [0.15, 0.2) is 30.3 Å². The minimum absolute atomic E-state index is 0.0377. The second-order valence-electron chi connectivity index (χ2n) is 6.22. The molecule has 0 aromatic heterocycles. The number of carbonyl (C=O) groups excluding carboxylic acids is 1. The maximum atomic E-state index is 12.4. The van der Waals surface area contributed by atoms with Gasteiger partial charge in [-0.3, -0.25) is 4.79 Å². The quantitative estimate of drug-likeness (QED) is 0.832. The van der Waals surface area contributed by atoms with Crippen molar-refractivity contribution in [3.05, 3.63) is 35.9 Å². The predicted molar refractivity (Wildman–Crippen MR) is 82.9 cm³/mol. The van der Waals surface area contributed by atoms with Crippen molar-refractivity contribution in [2.45, 2.75) is 33.1 Å². The van der Waals surface area contributed by atoms with Gasteiger partial charge in [-0.25, -0.2) is 4.79 Å². The van der Waals surface area contributed by atoms with Gasteiger partial charge in [-0.1, -0.05) is 32.4 Å². The van der Waals surface area contributed by atoms with Crippen LogP contribution in [0.4, 0.5) is 5.69 Å². The minimum atomic E-state index is -0.989. The lowest BCUT2D eigenvalue weighted by molar-refractivity contribution is -0.131. The number of rotatable bonds is 4. The lowest BCUT2D eigenvalue weighted by Crippen LogP contribution is -2.30. The molecule has 21 heavy (non-hydrogen) atoms. The molecule has 0 heterocycles. The number of nitrogens with one attached hydrogen (secondary N) is 1. The molecule has 4 nitrogen and oxygen atoms in total. The molecular weight excluding hydrogens is 266 g/mol. The summed E-state index contributed by atoms with van der Waals surface area (Å²) in [6, 6.07) is 7.20. The van der Waals surface area contributed by atoms with Crippen LogP contribution in [0.1, 0.15) is 38.7 Å². The molecule has 1 aromatic carbocycles. The van der Waals surface area contributed by atoms with E-state index in [1.54, 1.807) is 18.2 Å². The van der Waals surface area contributed by atoms with Crippen molar-refractivity contribution in [3.63, 3.8) is 0 Å². The van der Waals surface area contributed by atoms with Gasteiger partial charge in [0.25, 0.3) is 0 Å². The number of anilines is 1. The van der Waals surface area contributed by atoms with Crippen molar-refractivity contribution in [1.29, 1.82) is 0 Å². The average Bonchev–Trinajstić information content (AvgIpc) is 2.76. The molecule has 1 unspecified atom stereocenters. The van der Waals surface area contributed by atoms with Crippen molar-refractivity contribution in [2.75, 3.05) is 5.32 Å². The van der Waals surface area contributed by atoms with Gasteiger partial charge in [0.05, 0.1) is 0 Å². The Hall–Kier alpha value is -2.10. The topological polar surface area (TPSA) is 66.4 Å². The smallest absolute Gasteiger partial charge is 0.328 e. The molecule has 1 amide bonds. The van der Waals surface area contributed by atoms with E-state index in [0.717, 1.165) is 30.9 Å². The van der Waals surface area contributed by atoms with Crippen LogP contribution >= 0.6 is 0 Å². The van der Waals surface area contributed by atoms with Crippen LogP contribution in [0.3, 0.4) is 0 Å². The summed E-state index contributed by atoms with van der Waals surface area (Å²) in [6.45, 7) is 4.27. The fourth-order valence-corrected chi connectivity index (χ4v) is 2.93. The third-order valence-corrected chi connectivity index (χ3v) is 4.15. The lowest BCUT2D eigenvalue weighted by atomic mass is 9.81. The van der Waals surface area contributed by atoms with Gasteiger partial charge in [-0.15, -0.1) is 0 Å². The van der Waals surface area contributed by atoms with E-state index >= 15 is 0 Å². The van der Waals surface area contributed by atoms with Crippen molar-refractivity contribution in [3.8, 4) is 0 Å². The Morgan fingerprint density at radius 1 is 1.38 bits per heavy atom. The predicted octanol–water partition coefficient (Wildman–Crippen LogP) is 3.55. The van der Waals surface area contributed by atoms with Crippen LogP contribution < -0.4 is 5.32 Å². The zero-order valence-corrected chi connectivity index (χ0v) is 12.4. The Kier molecular flexibility index (Phi) is 4.46. The molecule has 1 aliphatic rings. The molecule has 0 radical (unpaired) electrons. The first kappa shape index (κ1) is 15.3. The number of aliphatic carboxylic acids is 1. The Morgan fingerprint density at radius 2 is 2.14 bits per heavy atom. The van der Waals surface area contributed by atoms with Crippen LogP contribution in [0.25, 0.3) is 6.08 Å². The van der Waals surface area contributed by atoms with Gasteiger partial charge < -0.3 is 10.4 Å². The van der Waals surface area contributed by atoms with E-state index in [4.69, 9.17) is 5.11 Å².